The Kier molecular flexibility index (Phi) is 2.07. The number of aromatic hydroxyl groups is 2. The smallest absolute Gasteiger partial charge is 1.00 e. The molecule has 9 heavy (non-hydrogen) atoms. The van der Waals surface area contributed by atoms with Crippen molar-refractivity contribution in [3.8, 4) is 11.5 Å². The average Bonchev–Trinajstić information content (AvgIpc) is 1.83. The molecular weight excluding hydrogens is 119 g/mol. The fourth-order valence-corrected chi connectivity index (χ4v) is 0.368. The molecule has 0 heterocycles. The first-order chi connectivity index (χ1) is 3.64. The second-order valence-corrected chi connectivity index (χ2v) is 1.36. The largest absolute Gasteiger partial charge is 1.00 e. The molecule has 0 saturated heterocycles. The van der Waals surface area contributed by atoms with E-state index in [2.05, 4.69) is 0 Å². The maximum absolute atomic E-state index is 9.95. The number of hydrogen-bond acceptors (Lipinski definition) is 4. The molecule has 1 aromatic rings. The van der Waals surface area contributed by atoms with Crippen LogP contribution in [0.25, 0.3) is 0 Å². The molecule has 1 rings (SSSR count). The van der Waals surface area contributed by atoms with E-state index in [-0.39, 0.29) is 20.3 Å². The van der Waals surface area contributed by atoms with Crippen LogP contribution in [-0.2, 0) is 0 Å². The molecule has 0 aliphatic rings. The molecule has 0 saturated carbocycles. The third-order valence-electron chi connectivity index (χ3n) is 0.861. The Labute approximate surface area is 63.1 Å². The first kappa shape index (κ1) is 8.28. The summed E-state index contributed by atoms with van der Waals surface area (Å²) in [6, 6.07) is 0. The fourth-order valence-electron chi connectivity index (χ4n) is 0.368. The Morgan fingerprint density at radius 1 is 1.00 bits per heavy atom. The van der Waals surface area contributed by atoms with Crippen LogP contribution in [-0.4, -0.2) is 10.2 Å². The van der Waals surface area contributed by atoms with Crippen LogP contribution in [0.3, 0.4) is 0 Å². The molecule has 0 spiro atoms. The van der Waals surface area contributed by atoms with Gasteiger partial charge in [-0.25, -0.2) is 0 Å². The van der Waals surface area contributed by atoms with Crippen molar-refractivity contribution >= 4 is 0 Å². The monoisotopic (exact) mass is 122 g/mol. The van der Waals surface area contributed by atoms with Crippen molar-refractivity contribution in [1.29, 1.82) is 0 Å². The van der Waals surface area contributed by atoms with Gasteiger partial charge in [-0.05, 0) is 0 Å². The third kappa shape index (κ3) is 0.868. The summed E-state index contributed by atoms with van der Waals surface area (Å²) >= 11 is 0. The molecule has 2 N–H and O–H groups in total. The van der Waals surface area contributed by atoms with Gasteiger partial charge >= 0.3 is 18.9 Å². The van der Waals surface area contributed by atoms with Gasteiger partial charge in [0.25, 0.3) is 10.9 Å². The van der Waals surface area contributed by atoms with Gasteiger partial charge in [0, 0.05) is 0 Å². The van der Waals surface area contributed by atoms with E-state index in [1.807, 2.05) is 0 Å². The van der Waals surface area contributed by atoms with Crippen molar-refractivity contribution in [2.45, 2.75) is 0 Å². The van der Waals surface area contributed by atoms with E-state index in [1.54, 1.807) is 0 Å². The van der Waals surface area contributed by atoms with Gasteiger partial charge < -0.3 is 11.6 Å². The summed E-state index contributed by atoms with van der Waals surface area (Å²) < 4.78 is 0. The summed E-state index contributed by atoms with van der Waals surface area (Å²) in [5, 5.41) is 16.4. The maximum atomic E-state index is 9.95. The molecule has 1 aromatic carbocycles. The van der Waals surface area contributed by atoms with Gasteiger partial charge in [-0.1, -0.05) is 0 Å². The van der Waals surface area contributed by atoms with Gasteiger partial charge in [0.1, 0.15) is 0 Å². The SMILES string of the molecule is O=c1c(O)c(O)c1=O.[H-].[Li+]. The van der Waals surface area contributed by atoms with Crippen LogP contribution in [0.1, 0.15) is 1.43 Å². The van der Waals surface area contributed by atoms with E-state index in [9.17, 15) is 9.59 Å². The first-order valence-electron chi connectivity index (χ1n) is 1.86. The zero-order chi connectivity index (χ0) is 6.31. The summed E-state index contributed by atoms with van der Waals surface area (Å²) in [6.45, 7) is 0. The van der Waals surface area contributed by atoms with E-state index in [0.29, 0.717) is 0 Å². The van der Waals surface area contributed by atoms with Crippen LogP contribution in [0, 0.1) is 0 Å². The Bertz CT molecular complexity index is 257. The molecule has 0 unspecified atom stereocenters. The van der Waals surface area contributed by atoms with E-state index in [0.717, 1.165) is 0 Å². The van der Waals surface area contributed by atoms with Gasteiger partial charge in [-0.3, -0.25) is 9.59 Å². The zero-order valence-corrected chi connectivity index (χ0v) is 4.71. The quantitative estimate of drug-likeness (QED) is 0.270. The summed E-state index contributed by atoms with van der Waals surface area (Å²) in [5.41, 5.74) is -2.02. The normalized spacial score (nSPS) is 8.89. The van der Waals surface area contributed by atoms with Crippen LogP contribution in [0.5, 0.6) is 11.5 Å². The zero-order valence-electron chi connectivity index (χ0n) is 5.71. The van der Waals surface area contributed by atoms with Crippen LogP contribution >= 0.6 is 0 Å². The van der Waals surface area contributed by atoms with Crippen LogP contribution in [0.4, 0.5) is 0 Å². The average molecular weight is 122 g/mol. The molecule has 0 aromatic heterocycles. The van der Waals surface area contributed by atoms with Gasteiger partial charge in [-0.2, -0.15) is 0 Å². The van der Waals surface area contributed by atoms with Gasteiger partial charge in [-0.15, -0.1) is 0 Å². The second kappa shape index (κ2) is 2.25. The third-order valence-corrected chi connectivity index (χ3v) is 0.861. The molecule has 0 radical (unpaired) electrons. The summed E-state index contributed by atoms with van der Waals surface area (Å²) in [7, 11) is 0. The minimum atomic E-state index is -1.01. The molecule has 0 bridgehead atoms. The topological polar surface area (TPSA) is 74.6 Å². The minimum absolute atomic E-state index is 0. The molecule has 4 nitrogen and oxygen atoms in total. The minimum Gasteiger partial charge on any atom is -1.00 e. The van der Waals surface area contributed by atoms with Crippen molar-refractivity contribution in [2.75, 3.05) is 0 Å². The molecular formula is C4H3LiO4. The van der Waals surface area contributed by atoms with Crippen LogP contribution < -0.4 is 29.7 Å². The Balaban J connectivity index is 0. The summed E-state index contributed by atoms with van der Waals surface area (Å²) in [4.78, 5) is 19.9. The van der Waals surface area contributed by atoms with Crippen molar-refractivity contribution in [1.82, 2.24) is 0 Å². The Morgan fingerprint density at radius 2 is 1.22 bits per heavy atom. The van der Waals surface area contributed by atoms with E-state index in [4.69, 9.17) is 10.2 Å². The maximum Gasteiger partial charge on any atom is 1.00 e. The summed E-state index contributed by atoms with van der Waals surface area (Å²) in [6.07, 6.45) is 0. The number of rotatable bonds is 0. The standard InChI is InChI=1S/C4H2O4.Li.H/c5-1-2(6)4(8)3(1)7;;/h5-6H;;/q;+1;-1. The first-order valence-corrected chi connectivity index (χ1v) is 1.86. The van der Waals surface area contributed by atoms with Crippen molar-refractivity contribution in [3.63, 3.8) is 0 Å². The Morgan fingerprint density at radius 3 is 1.33 bits per heavy atom. The molecule has 5 heteroatoms. The molecule has 0 amide bonds. The van der Waals surface area contributed by atoms with Crippen molar-refractivity contribution < 1.29 is 30.5 Å². The van der Waals surface area contributed by atoms with Gasteiger partial charge in [0.2, 0.25) is 11.5 Å². The molecule has 0 fully saturated rings. The predicted octanol–water partition coefficient (Wildman–Crippen LogP) is -4.19. The fraction of sp³-hybridized carbons (Fsp3) is 0. The molecule has 44 valence electrons. The van der Waals surface area contributed by atoms with Crippen LogP contribution in [0.2, 0.25) is 0 Å². The molecule has 0 atom stereocenters. The van der Waals surface area contributed by atoms with Crippen LogP contribution in [0.15, 0.2) is 9.59 Å². The van der Waals surface area contributed by atoms with E-state index < -0.39 is 22.4 Å². The van der Waals surface area contributed by atoms with E-state index >= 15 is 0 Å². The predicted molar refractivity (Wildman–Crippen MR) is 25.8 cm³/mol. The van der Waals surface area contributed by atoms with Crippen molar-refractivity contribution in [3.05, 3.63) is 20.4 Å². The molecule has 0 aliphatic heterocycles. The van der Waals surface area contributed by atoms with Gasteiger partial charge in [0.05, 0.1) is 0 Å². The van der Waals surface area contributed by atoms with E-state index in [1.165, 1.54) is 0 Å². The Hall–Kier alpha value is -0.723. The van der Waals surface area contributed by atoms with Gasteiger partial charge in [0.15, 0.2) is 0 Å². The molecule has 0 aliphatic carbocycles. The summed E-state index contributed by atoms with van der Waals surface area (Å²) in [5.74, 6) is -1.65. The van der Waals surface area contributed by atoms with Crippen molar-refractivity contribution in [2.24, 2.45) is 0 Å². The second-order valence-electron chi connectivity index (χ2n) is 1.36. The number of hydrogen-bond donors (Lipinski definition) is 2.